The molecule has 1 saturated heterocycles. The van der Waals surface area contributed by atoms with E-state index in [0.717, 1.165) is 6.42 Å². The minimum Gasteiger partial charge on any atom is -0.414 e. The zero-order valence-electron chi connectivity index (χ0n) is 28.4. The second kappa shape index (κ2) is 18.8. The number of Topliss-reactive ketones (excluding diaryl/α,β-unsaturated/α-hetero) is 1. The molecule has 13 nitrogen and oxygen atoms in total. The Bertz CT molecular complexity index is 1550. The van der Waals surface area contributed by atoms with Crippen molar-refractivity contribution >= 4 is 41.8 Å². The first-order valence-corrected chi connectivity index (χ1v) is 16.6. The molecule has 3 atom stereocenters. The van der Waals surface area contributed by atoms with Crippen LogP contribution in [0.3, 0.4) is 0 Å². The van der Waals surface area contributed by atoms with Crippen molar-refractivity contribution in [1.29, 1.82) is 0 Å². The number of amides is 4. The highest BCUT2D eigenvalue weighted by atomic mass is 35.5. The van der Waals surface area contributed by atoms with Crippen molar-refractivity contribution in [1.82, 2.24) is 36.0 Å². The lowest BCUT2D eigenvalue weighted by atomic mass is 9.98. The number of carbonyl (C=O) groups is 5. The van der Waals surface area contributed by atoms with Gasteiger partial charge < -0.3 is 25.3 Å². The molecule has 0 unspecified atom stereocenters. The standard InChI is InChI=1S/C35H45N7O6.ClH/c1-22(2)28(30(44)34-41-40-33(48-34)24-14-7-5-8-15-24)39-32(46)26-17-13-21-42(26)35(47)29(23(3)4)38-27(43)18-9-6-11-20-37-31(45)25-16-10-12-19-36-25;/h5,7-8,10,12,14-16,19,22-23,26,28-29H,6,9,11,13,17-18,20-21H2,1-4H3,(H,37,45)(H,38,43)(H,39,46);1H/t26-,28+,29+;/m1./s1. The number of halogens is 1. The molecular formula is C35H46ClN7O6. The second-order valence-corrected chi connectivity index (χ2v) is 12.6. The molecule has 3 N–H and O–H groups in total. The quantitative estimate of drug-likeness (QED) is 0.148. The van der Waals surface area contributed by atoms with Crippen molar-refractivity contribution in [3.8, 4) is 11.5 Å². The van der Waals surface area contributed by atoms with Crippen LogP contribution in [0.4, 0.5) is 0 Å². The molecule has 264 valence electrons. The third-order valence-corrected chi connectivity index (χ3v) is 8.25. The topological polar surface area (TPSA) is 176 Å². The Balaban J connectivity index is 0.00000650. The van der Waals surface area contributed by atoms with Crippen molar-refractivity contribution in [2.24, 2.45) is 11.8 Å². The summed E-state index contributed by atoms with van der Waals surface area (Å²) in [5, 5.41) is 16.4. The van der Waals surface area contributed by atoms with E-state index in [1.165, 1.54) is 4.90 Å². The molecule has 4 rings (SSSR count). The first kappa shape index (κ1) is 38.8. The van der Waals surface area contributed by atoms with E-state index in [0.29, 0.717) is 50.0 Å². The fourth-order valence-electron chi connectivity index (χ4n) is 5.56. The minimum atomic E-state index is -0.942. The molecule has 1 aliphatic rings. The number of unbranched alkanes of at least 4 members (excludes halogenated alkanes) is 2. The van der Waals surface area contributed by atoms with Gasteiger partial charge in [-0.3, -0.25) is 29.0 Å². The van der Waals surface area contributed by atoms with Gasteiger partial charge in [-0.1, -0.05) is 58.4 Å². The third-order valence-electron chi connectivity index (χ3n) is 8.25. The summed E-state index contributed by atoms with van der Waals surface area (Å²) in [6.45, 7) is 8.13. The van der Waals surface area contributed by atoms with E-state index in [2.05, 4.69) is 31.1 Å². The molecule has 3 aromatic rings. The summed E-state index contributed by atoms with van der Waals surface area (Å²) in [4.78, 5) is 71.2. The SMILES string of the molecule is CC(C)[C@H](NC(=O)[C@H]1CCCN1C(=O)[C@@H](NC(=O)CCCCCNC(=O)c1ccccn1)C(C)C)C(=O)c1nnc(-c2ccccc2)o1.Cl. The molecule has 0 saturated carbocycles. The molecule has 3 heterocycles. The molecular weight excluding hydrogens is 650 g/mol. The average Bonchev–Trinajstić information content (AvgIpc) is 3.79. The van der Waals surface area contributed by atoms with Crippen LogP contribution in [-0.4, -0.2) is 80.7 Å². The monoisotopic (exact) mass is 695 g/mol. The van der Waals surface area contributed by atoms with Crippen LogP contribution in [-0.2, 0) is 14.4 Å². The lowest BCUT2D eigenvalue weighted by molar-refractivity contribution is -0.142. The molecule has 1 fully saturated rings. The Labute approximate surface area is 292 Å². The maximum atomic E-state index is 13.7. The third kappa shape index (κ3) is 10.7. The van der Waals surface area contributed by atoms with Crippen LogP contribution in [0.1, 0.15) is 87.4 Å². The average molecular weight is 696 g/mol. The van der Waals surface area contributed by atoms with Crippen molar-refractivity contribution in [2.45, 2.75) is 84.3 Å². The fraction of sp³-hybridized carbons (Fsp3) is 0.486. The normalized spacial score (nSPS) is 15.3. The van der Waals surface area contributed by atoms with Gasteiger partial charge in [0, 0.05) is 31.3 Å². The molecule has 0 radical (unpaired) electrons. The van der Waals surface area contributed by atoms with Crippen LogP contribution in [0.2, 0.25) is 0 Å². The van der Waals surface area contributed by atoms with E-state index in [4.69, 9.17) is 4.42 Å². The molecule has 0 spiro atoms. The van der Waals surface area contributed by atoms with Crippen LogP contribution in [0.25, 0.3) is 11.5 Å². The van der Waals surface area contributed by atoms with Crippen LogP contribution < -0.4 is 16.0 Å². The summed E-state index contributed by atoms with van der Waals surface area (Å²) >= 11 is 0. The van der Waals surface area contributed by atoms with Crippen LogP contribution in [0.5, 0.6) is 0 Å². The summed E-state index contributed by atoms with van der Waals surface area (Å²) in [5.41, 5.74) is 1.03. The Morgan fingerprint density at radius 3 is 2.27 bits per heavy atom. The second-order valence-electron chi connectivity index (χ2n) is 12.6. The highest BCUT2D eigenvalue weighted by molar-refractivity contribution is 6.00. The van der Waals surface area contributed by atoms with Crippen molar-refractivity contribution < 1.29 is 28.4 Å². The zero-order chi connectivity index (χ0) is 34.6. The summed E-state index contributed by atoms with van der Waals surface area (Å²) in [6, 6.07) is 11.7. The van der Waals surface area contributed by atoms with Gasteiger partial charge in [-0.05, 0) is 61.8 Å². The predicted molar refractivity (Wildman–Crippen MR) is 185 cm³/mol. The van der Waals surface area contributed by atoms with E-state index in [1.807, 2.05) is 32.0 Å². The van der Waals surface area contributed by atoms with Gasteiger partial charge in [0.1, 0.15) is 17.8 Å². The lowest BCUT2D eigenvalue weighted by Gasteiger charge is -2.31. The number of nitrogens with one attached hydrogen (secondary N) is 3. The zero-order valence-corrected chi connectivity index (χ0v) is 29.2. The number of ketones is 1. The molecule has 1 aliphatic heterocycles. The number of pyridine rings is 1. The van der Waals surface area contributed by atoms with Crippen LogP contribution in [0.15, 0.2) is 59.1 Å². The van der Waals surface area contributed by atoms with Gasteiger partial charge in [0.2, 0.25) is 29.4 Å². The molecule has 1 aromatic carbocycles. The summed E-state index contributed by atoms with van der Waals surface area (Å²) in [5.74, 6) is -2.28. The van der Waals surface area contributed by atoms with E-state index in [-0.39, 0.29) is 60.2 Å². The first-order chi connectivity index (χ1) is 23.1. The first-order valence-electron chi connectivity index (χ1n) is 16.6. The Morgan fingerprint density at radius 1 is 0.878 bits per heavy atom. The molecule has 2 aromatic heterocycles. The number of aromatic nitrogens is 3. The fourth-order valence-corrected chi connectivity index (χ4v) is 5.56. The summed E-state index contributed by atoms with van der Waals surface area (Å²) in [7, 11) is 0. The van der Waals surface area contributed by atoms with Crippen LogP contribution in [0, 0.1) is 11.8 Å². The number of nitrogens with zero attached hydrogens (tertiary/aromatic N) is 4. The number of hydrogen-bond donors (Lipinski definition) is 3. The molecule has 4 amide bonds. The summed E-state index contributed by atoms with van der Waals surface area (Å²) < 4.78 is 5.65. The molecule has 0 aliphatic carbocycles. The van der Waals surface area contributed by atoms with Gasteiger partial charge >= 0.3 is 0 Å². The van der Waals surface area contributed by atoms with Gasteiger partial charge in [-0.2, -0.15) is 0 Å². The molecule has 0 bridgehead atoms. The van der Waals surface area contributed by atoms with Crippen molar-refractivity contribution in [3.63, 3.8) is 0 Å². The largest absolute Gasteiger partial charge is 0.414 e. The summed E-state index contributed by atoms with van der Waals surface area (Å²) in [6.07, 6.45) is 4.85. The molecule has 14 heteroatoms. The van der Waals surface area contributed by atoms with Crippen LogP contribution >= 0.6 is 12.4 Å². The van der Waals surface area contributed by atoms with E-state index in [1.54, 1.807) is 50.4 Å². The van der Waals surface area contributed by atoms with Gasteiger partial charge in [0.15, 0.2) is 0 Å². The molecule has 49 heavy (non-hydrogen) atoms. The minimum absolute atomic E-state index is 0. The van der Waals surface area contributed by atoms with Gasteiger partial charge in [-0.25, -0.2) is 0 Å². The number of carbonyl (C=O) groups excluding carboxylic acids is 5. The van der Waals surface area contributed by atoms with E-state index in [9.17, 15) is 24.0 Å². The highest BCUT2D eigenvalue weighted by Crippen LogP contribution is 2.23. The van der Waals surface area contributed by atoms with Crippen molar-refractivity contribution in [3.05, 3.63) is 66.3 Å². The maximum Gasteiger partial charge on any atom is 0.286 e. The Morgan fingerprint density at radius 2 is 1.59 bits per heavy atom. The Hall–Kier alpha value is -4.65. The number of likely N-dealkylation sites (tertiary alicyclic amines) is 1. The van der Waals surface area contributed by atoms with Gasteiger partial charge in [0.05, 0.1) is 6.04 Å². The lowest BCUT2D eigenvalue weighted by Crippen LogP contribution is -2.57. The van der Waals surface area contributed by atoms with E-state index >= 15 is 0 Å². The van der Waals surface area contributed by atoms with Gasteiger partial charge in [-0.15, -0.1) is 22.6 Å². The Kier molecular flexibility index (Phi) is 14.9. The smallest absolute Gasteiger partial charge is 0.286 e. The maximum absolute atomic E-state index is 13.7. The van der Waals surface area contributed by atoms with Gasteiger partial charge in [0.25, 0.3) is 11.8 Å². The number of hydrogen-bond acceptors (Lipinski definition) is 9. The number of rotatable bonds is 16. The van der Waals surface area contributed by atoms with E-state index < -0.39 is 29.8 Å². The highest BCUT2D eigenvalue weighted by Gasteiger charge is 2.40. The predicted octanol–water partition coefficient (Wildman–Crippen LogP) is 4.00. The number of benzene rings is 1. The van der Waals surface area contributed by atoms with Crippen molar-refractivity contribution in [2.75, 3.05) is 13.1 Å².